The fourth-order valence-electron chi connectivity index (χ4n) is 3.81. The Labute approximate surface area is 158 Å². The van der Waals surface area contributed by atoms with Crippen LogP contribution in [0.3, 0.4) is 0 Å². The first-order valence-corrected chi connectivity index (χ1v) is 9.41. The SMILES string of the molecule is Cn1nccc1C1CC(NC(=O)N2CCc3cccc(Cl)c3C2)CCO1. The highest BCUT2D eigenvalue weighted by molar-refractivity contribution is 6.31. The predicted molar refractivity (Wildman–Crippen MR) is 99.0 cm³/mol. The molecule has 1 fully saturated rings. The van der Waals surface area contributed by atoms with Crippen LogP contribution in [0.25, 0.3) is 0 Å². The molecule has 0 bridgehead atoms. The second-order valence-corrected chi connectivity index (χ2v) is 7.37. The molecule has 2 aliphatic rings. The molecule has 1 saturated heterocycles. The molecule has 0 saturated carbocycles. The van der Waals surface area contributed by atoms with Gasteiger partial charge >= 0.3 is 6.03 Å². The molecule has 2 unspecified atom stereocenters. The summed E-state index contributed by atoms with van der Waals surface area (Å²) in [6, 6.07) is 8.00. The lowest BCUT2D eigenvalue weighted by molar-refractivity contribution is -0.00312. The lowest BCUT2D eigenvalue weighted by atomic mass is 9.99. The van der Waals surface area contributed by atoms with Crippen molar-refractivity contribution in [3.05, 3.63) is 52.3 Å². The summed E-state index contributed by atoms with van der Waals surface area (Å²) >= 11 is 6.31. The Hall–Kier alpha value is -2.05. The van der Waals surface area contributed by atoms with Crippen LogP contribution in [-0.2, 0) is 24.8 Å². The molecule has 1 aromatic carbocycles. The average Bonchev–Trinajstić information content (AvgIpc) is 3.08. The summed E-state index contributed by atoms with van der Waals surface area (Å²) in [4.78, 5) is 14.6. The standard InChI is InChI=1S/C19H23ClN4O2/c1-23-17(5-8-21-23)18-11-14(7-10-26-18)22-19(25)24-9-6-13-3-2-4-16(20)15(13)12-24/h2-5,8,14,18H,6-7,9-12H2,1H3,(H,22,25). The van der Waals surface area contributed by atoms with Gasteiger partial charge in [0.25, 0.3) is 0 Å². The van der Waals surface area contributed by atoms with Gasteiger partial charge in [-0.3, -0.25) is 4.68 Å². The zero-order chi connectivity index (χ0) is 18.1. The van der Waals surface area contributed by atoms with E-state index in [0.29, 0.717) is 19.7 Å². The monoisotopic (exact) mass is 374 g/mol. The highest BCUT2D eigenvalue weighted by atomic mass is 35.5. The number of aromatic nitrogens is 2. The largest absolute Gasteiger partial charge is 0.372 e. The van der Waals surface area contributed by atoms with Crippen LogP contribution in [0.1, 0.15) is 35.8 Å². The van der Waals surface area contributed by atoms with Crippen LogP contribution in [0.15, 0.2) is 30.5 Å². The van der Waals surface area contributed by atoms with E-state index in [0.717, 1.165) is 35.5 Å². The van der Waals surface area contributed by atoms with Gasteiger partial charge < -0.3 is 15.0 Å². The summed E-state index contributed by atoms with van der Waals surface area (Å²) in [5.74, 6) is 0. The van der Waals surface area contributed by atoms with Gasteiger partial charge in [-0.2, -0.15) is 5.10 Å². The fraction of sp³-hybridized carbons (Fsp3) is 0.474. The first-order valence-electron chi connectivity index (χ1n) is 9.03. The van der Waals surface area contributed by atoms with Crippen LogP contribution < -0.4 is 5.32 Å². The Morgan fingerprint density at radius 2 is 2.27 bits per heavy atom. The molecule has 1 aromatic heterocycles. The molecular weight excluding hydrogens is 352 g/mol. The number of carbonyl (C=O) groups is 1. The number of ether oxygens (including phenoxy) is 1. The first-order chi connectivity index (χ1) is 12.6. The zero-order valence-corrected chi connectivity index (χ0v) is 15.6. The second-order valence-electron chi connectivity index (χ2n) is 6.96. The lowest BCUT2D eigenvalue weighted by Gasteiger charge is -2.34. The summed E-state index contributed by atoms with van der Waals surface area (Å²) in [6.45, 7) is 1.91. The van der Waals surface area contributed by atoms with Gasteiger partial charge in [-0.15, -0.1) is 0 Å². The van der Waals surface area contributed by atoms with Crippen molar-refractivity contribution in [2.45, 2.75) is 38.0 Å². The van der Waals surface area contributed by atoms with Gasteiger partial charge in [0.1, 0.15) is 6.10 Å². The molecule has 138 valence electrons. The zero-order valence-electron chi connectivity index (χ0n) is 14.8. The molecule has 2 atom stereocenters. The van der Waals surface area contributed by atoms with Crippen LogP contribution in [0.5, 0.6) is 0 Å². The van der Waals surface area contributed by atoms with E-state index in [-0.39, 0.29) is 18.2 Å². The maximum Gasteiger partial charge on any atom is 0.317 e. The highest BCUT2D eigenvalue weighted by Gasteiger charge is 2.29. The van der Waals surface area contributed by atoms with E-state index >= 15 is 0 Å². The van der Waals surface area contributed by atoms with Gasteiger partial charge in [-0.1, -0.05) is 23.7 Å². The summed E-state index contributed by atoms with van der Waals surface area (Å²) < 4.78 is 7.71. The van der Waals surface area contributed by atoms with E-state index in [4.69, 9.17) is 16.3 Å². The molecule has 1 N–H and O–H groups in total. The molecular formula is C19H23ClN4O2. The molecule has 7 heteroatoms. The van der Waals surface area contributed by atoms with Crippen molar-refractivity contribution < 1.29 is 9.53 Å². The number of hydrogen-bond acceptors (Lipinski definition) is 3. The quantitative estimate of drug-likeness (QED) is 0.878. The number of carbonyl (C=O) groups excluding carboxylic acids is 1. The van der Waals surface area contributed by atoms with Gasteiger partial charge in [0.15, 0.2) is 0 Å². The van der Waals surface area contributed by atoms with E-state index in [1.807, 2.05) is 34.8 Å². The van der Waals surface area contributed by atoms with Crippen molar-refractivity contribution in [2.75, 3.05) is 13.2 Å². The number of aryl methyl sites for hydroxylation is 1. The molecule has 0 radical (unpaired) electrons. The van der Waals surface area contributed by atoms with Crippen molar-refractivity contribution in [3.63, 3.8) is 0 Å². The van der Waals surface area contributed by atoms with Crippen molar-refractivity contribution in [1.82, 2.24) is 20.0 Å². The third-order valence-electron chi connectivity index (χ3n) is 5.30. The predicted octanol–water partition coefficient (Wildman–Crippen LogP) is 3.06. The first kappa shape index (κ1) is 17.4. The summed E-state index contributed by atoms with van der Waals surface area (Å²) in [7, 11) is 1.91. The Morgan fingerprint density at radius 1 is 1.38 bits per heavy atom. The highest BCUT2D eigenvalue weighted by Crippen LogP contribution is 2.29. The maximum absolute atomic E-state index is 12.8. The topological polar surface area (TPSA) is 59.4 Å². The number of hydrogen-bond donors (Lipinski definition) is 1. The third kappa shape index (κ3) is 3.44. The third-order valence-corrected chi connectivity index (χ3v) is 5.66. The van der Waals surface area contributed by atoms with Crippen molar-refractivity contribution in [3.8, 4) is 0 Å². The smallest absolute Gasteiger partial charge is 0.317 e. The Balaban J connectivity index is 1.39. The molecule has 3 heterocycles. The van der Waals surface area contributed by atoms with E-state index < -0.39 is 0 Å². The number of nitrogens with zero attached hydrogens (tertiary/aromatic N) is 3. The fourth-order valence-corrected chi connectivity index (χ4v) is 4.07. The van der Waals surface area contributed by atoms with Gasteiger partial charge in [-0.25, -0.2) is 4.79 Å². The number of amides is 2. The molecule has 2 aromatic rings. The summed E-state index contributed by atoms with van der Waals surface area (Å²) in [5, 5.41) is 8.13. The minimum absolute atomic E-state index is 0.0220. The van der Waals surface area contributed by atoms with Crippen molar-refractivity contribution in [1.29, 1.82) is 0 Å². The molecule has 6 nitrogen and oxygen atoms in total. The van der Waals surface area contributed by atoms with Crippen LogP contribution in [0, 0.1) is 0 Å². The minimum atomic E-state index is -0.0296. The number of urea groups is 1. The number of fused-ring (bicyclic) bond motifs is 1. The lowest BCUT2D eigenvalue weighted by Crippen LogP contribution is -2.48. The van der Waals surface area contributed by atoms with Gasteiger partial charge in [0.05, 0.1) is 5.69 Å². The number of benzene rings is 1. The maximum atomic E-state index is 12.8. The molecule has 2 amide bonds. The molecule has 2 aliphatic heterocycles. The molecule has 0 aliphatic carbocycles. The minimum Gasteiger partial charge on any atom is -0.372 e. The van der Waals surface area contributed by atoms with Gasteiger partial charge in [-0.05, 0) is 42.5 Å². The normalized spacial score (nSPS) is 22.8. The second kappa shape index (κ2) is 7.29. The van der Waals surface area contributed by atoms with Crippen molar-refractivity contribution >= 4 is 17.6 Å². The molecule has 26 heavy (non-hydrogen) atoms. The Kier molecular flexibility index (Phi) is 4.87. The molecule has 4 rings (SSSR count). The number of rotatable bonds is 2. The van der Waals surface area contributed by atoms with E-state index in [1.54, 1.807) is 6.20 Å². The van der Waals surface area contributed by atoms with Crippen LogP contribution in [0.2, 0.25) is 5.02 Å². The van der Waals surface area contributed by atoms with Crippen LogP contribution >= 0.6 is 11.6 Å². The van der Waals surface area contributed by atoms with Crippen molar-refractivity contribution in [2.24, 2.45) is 7.05 Å². The van der Waals surface area contributed by atoms with Gasteiger partial charge in [0.2, 0.25) is 0 Å². The van der Waals surface area contributed by atoms with E-state index in [2.05, 4.69) is 16.5 Å². The number of halogens is 1. The average molecular weight is 375 g/mol. The van der Waals surface area contributed by atoms with Gasteiger partial charge in [0, 0.05) is 44.0 Å². The number of nitrogens with one attached hydrogen (secondary N) is 1. The molecule has 0 spiro atoms. The summed E-state index contributed by atoms with van der Waals surface area (Å²) in [6.07, 6.45) is 4.17. The van der Waals surface area contributed by atoms with Crippen LogP contribution in [-0.4, -0.2) is 39.9 Å². The van der Waals surface area contributed by atoms with E-state index in [1.165, 1.54) is 5.56 Å². The Morgan fingerprint density at radius 3 is 3.08 bits per heavy atom. The summed E-state index contributed by atoms with van der Waals surface area (Å²) in [5.41, 5.74) is 3.35. The van der Waals surface area contributed by atoms with Crippen LogP contribution in [0.4, 0.5) is 4.79 Å². The van der Waals surface area contributed by atoms with E-state index in [9.17, 15) is 4.79 Å². The Bertz CT molecular complexity index is 807.